The van der Waals surface area contributed by atoms with E-state index in [1.807, 2.05) is 24.3 Å². The van der Waals surface area contributed by atoms with E-state index in [1.54, 1.807) is 20.8 Å². The average Bonchev–Trinajstić information content (AvgIpc) is 3.09. The number of aliphatic hydroxyl groups is 1. The van der Waals surface area contributed by atoms with Gasteiger partial charge in [-0.2, -0.15) is 0 Å². The van der Waals surface area contributed by atoms with Gasteiger partial charge in [0.25, 0.3) is 0 Å². The van der Waals surface area contributed by atoms with E-state index in [0.29, 0.717) is 6.54 Å². The molecule has 0 aromatic heterocycles. The highest BCUT2D eigenvalue weighted by Gasteiger charge is 2.36. The fraction of sp³-hybridized carbons (Fsp3) is 0.440. The first-order valence-electron chi connectivity index (χ1n) is 11.0. The first-order valence-corrected chi connectivity index (χ1v) is 11.0. The van der Waals surface area contributed by atoms with Crippen LogP contribution in [0.2, 0.25) is 0 Å². The molecule has 7 nitrogen and oxygen atoms in total. The molecule has 4 rings (SSSR count). The largest absolute Gasteiger partial charge is 0.448 e. The molecule has 0 radical (unpaired) electrons. The van der Waals surface area contributed by atoms with E-state index in [4.69, 9.17) is 9.47 Å². The number of benzene rings is 2. The molecule has 1 saturated heterocycles. The number of rotatable bonds is 3. The third kappa shape index (κ3) is 4.43. The van der Waals surface area contributed by atoms with Crippen LogP contribution in [0.4, 0.5) is 9.59 Å². The number of carbonyl (C=O) groups excluding carboxylic acids is 2. The van der Waals surface area contributed by atoms with Gasteiger partial charge in [0.05, 0.1) is 12.6 Å². The average molecular weight is 439 g/mol. The van der Waals surface area contributed by atoms with E-state index in [9.17, 15) is 14.7 Å². The molecule has 1 aliphatic carbocycles. The molecule has 0 saturated carbocycles. The highest BCUT2D eigenvalue weighted by molar-refractivity contribution is 5.79. The van der Waals surface area contributed by atoms with Crippen LogP contribution in [-0.2, 0) is 9.47 Å². The summed E-state index contributed by atoms with van der Waals surface area (Å²) in [5.74, 6) is -0.0259. The van der Waals surface area contributed by atoms with E-state index >= 15 is 0 Å². The Labute approximate surface area is 188 Å². The maximum absolute atomic E-state index is 12.9. The summed E-state index contributed by atoms with van der Waals surface area (Å²) >= 11 is 0. The Kier molecular flexibility index (Phi) is 6.11. The molecule has 7 heteroatoms. The number of hydrogen-bond donors (Lipinski definition) is 1. The fourth-order valence-corrected chi connectivity index (χ4v) is 4.42. The standard InChI is InChI=1S/C25H30N2O5/c1-25(2,3)32-23(29)26-12-13-27(17(14-26)15-28)24(30)31-16-22-20-10-6-4-8-18(20)19-9-5-7-11-21(19)22/h4-11,17,22,28H,12-16H2,1-3H3. The van der Waals surface area contributed by atoms with Gasteiger partial charge >= 0.3 is 12.2 Å². The summed E-state index contributed by atoms with van der Waals surface area (Å²) in [6.07, 6.45) is -0.919. The topological polar surface area (TPSA) is 79.3 Å². The maximum Gasteiger partial charge on any atom is 0.410 e. The summed E-state index contributed by atoms with van der Waals surface area (Å²) in [6, 6.07) is 15.8. The second-order valence-corrected chi connectivity index (χ2v) is 9.26. The molecule has 2 amide bonds. The van der Waals surface area contributed by atoms with Crippen LogP contribution in [0.3, 0.4) is 0 Å². The van der Waals surface area contributed by atoms with Gasteiger partial charge in [-0.25, -0.2) is 9.59 Å². The Morgan fingerprint density at radius 2 is 1.56 bits per heavy atom. The molecule has 1 aliphatic heterocycles. The second kappa shape index (κ2) is 8.82. The molecule has 170 valence electrons. The molecule has 1 atom stereocenters. The number of ether oxygens (including phenoxy) is 2. The Bertz CT molecular complexity index is 954. The molecule has 0 bridgehead atoms. The Morgan fingerprint density at radius 3 is 2.12 bits per heavy atom. The number of amides is 2. The highest BCUT2D eigenvalue weighted by atomic mass is 16.6. The molecule has 1 heterocycles. The normalized spacial score (nSPS) is 18.2. The van der Waals surface area contributed by atoms with Crippen molar-refractivity contribution < 1.29 is 24.2 Å². The molecular weight excluding hydrogens is 408 g/mol. The number of hydrogen-bond acceptors (Lipinski definition) is 5. The molecule has 1 N–H and O–H groups in total. The van der Waals surface area contributed by atoms with Crippen LogP contribution in [0.25, 0.3) is 11.1 Å². The van der Waals surface area contributed by atoms with Gasteiger partial charge in [0.2, 0.25) is 0 Å². The quantitative estimate of drug-likeness (QED) is 0.788. The lowest BCUT2D eigenvalue weighted by molar-refractivity contribution is -0.00604. The second-order valence-electron chi connectivity index (χ2n) is 9.26. The molecular formula is C25H30N2O5. The number of aliphatic hydroxyl groups excluding tert-OH is 1. The van der Waals surface area contributed by atoms with Gasteiger partial charge in [0.1, 0.15) is 12.2 Å². The van der Waals surface area contributed by atoms with Crippen LogP contribution < -0.4 is 0 Å². The molecule has 1 fully saturated rings. The van der Waals surface area contributed by atoms with Crippen LogP contribution in [-0.4, -0.2) is 71.6 Å². The van der Waals surface area contributed by atoms with Crippen LogP contribution in [0.1, 0.15) is 37.8 Å². The van der Waals surface area contributed by atoms with E-state index < -0.39 is 23.8 Å². The van der Waals surface area contributed by atoms with Gasteiger partial charge < -0.3 is 19.5 Å². The van der Waals surface area contributed by atoms with Crippen LogP contribution in [0.15, 0.2) is 48.5 Å². The first-order chi connectivity index (χ1) is 15.3. The Balaban J connectivity index is 1.41. The van der Waals surface area contributed by atoms with Gasteiger partial charge in [0.15, 0.2) is 0 Å². The van der Waals surface area contributed by atoms with E-state index in [0.717, 1.165) is 11.1 Å². The van der Waals surface area contributed by atoms with Gasteiger partial charge in [0, 0.05) is 25.6 Å². The molecule has 1 unspecified atom stereocenters. The van der Waals surface area contributed by atoms with Crippen molar-refractivity contribution in [2.24, 2.45) is 0 Å². The van der Waals surface area contributed by atoms with Crippen molar-refractivity contribution in [3.05, 3.63) is 59.7 Å². The lowest BCUT2D eigenvalue weighted by atomic mass is 9.98. The summed E-state index contributed by atoms with van der Waals surface area (Å²) < 4.78 is 11.1. The highest BCUT2D eigenvalue weighted by Crippen LogP contribution is 2.44. The number of fused-ring (bicyclic) bond motifs is 3. The third-order valence-corrected chi connectivity index (χ3v) is 5.92. The first kappa shape index (κ1) is 22.1. The van der Waals surface area contributed by atoms with Crippen LogP contribution in [0, 0.1) is 0 Å². The minimum atomic E-state index is -0.601. The predicted octanol–water partition coefficient (Wildman–Crippen LogP) is 3.85. The van der Waals surface area contributed by atoms with Crippen molar-refractivity contribution >= 4 is 12.2 Å². The van der Waals surface area contributed by atoms with Crippen molar-refractivity contribution in [1.82, 2.24) is 9.80 Å². The van der Waals surface area contributed by atoms with Crippen LogP contribution in [0.5, 0.6) is 0 Å². The number of carbonyl (C=O) groups is 2. The summed E-state index contributed by atoms with van der Waals surface area (Å²) in [5, 5.41) is 9.85. The third-order valence-electron chi connectivity index (χ3n) is 5.92. The smallest absolute Gasteiger partial charge is 0.410 e. The van der Waals surface area contributed by atoms with E-state index in [-0.39, 0.29) is 32.2 Å². The minimum absolute atomic E-state index is 0.0259. The lowest BCUT2D eigenvalue weighted by Crippen LogP contribution is -2.58. The van der Waals surface area contributed by atoms with Gasteiger partial charge in [-0.3, -0.25) is 4.90 Å². The predicted molar refractivity (Wildman–Crippen MR) is 120 cm³/mol. The monoisotopic (exact) mass is 438 g/mol. The number of nitrogens with zero attached hydrogens (tertiary/aromatic N) is 2. The summed E-state index contributed by atoms with van der Waals surface area (Å²) in [6.45, 7) is 6.19. The number of piperazine rings is 1. The summed E-state index contributed by atoms with van der Waals surface area (Å²) in [7, 11) is 0. The summed E-state index contributed by atoms with van der Waals surface area (Å²) in [4.78, 5) is 28.3. The van der Waals surface area contributed by atoms with Gasteiger partial charge in [-0.1, -0.05) is 48.5 Å². The Morgan fingerprint density at radius 1 is 0.969 bits per heavy atom. The maximum atomic E-state index is 12.9. The van der Waals surface area contributed by atoms with Crippen LogP contribution >= 0.6 is 0 Å². The zero-order valence-electron chi connectivity index (χ0n) is 18.8. The molecule has 2 aromatic carbocycles. The fourth-order valence-electron chi connectivity index (χ4n) is 4.42. The SMILES string of the molecule is CC(C)(C)OC(=O)N1CCN(C(=O)OCC2c3ccccc3-c3ccccc32)C(CO)C1. The van der Waals surface area contributed by atoms with E-state index in [1.165, 1.54) is 20.9 Å². The molecule has 0 spiro atoms. The van der Waals surface area contributed by atoms with Crippen molar-refractivity contribution in [3.8, 4) is 11.1 Å². The van der Waals surface area contributed by atoms with E-state index in [2.05, 4.69) is 24.3 Å². The molecule has 2 aliphatic rings. The Hall–Kier alpha value is -3.06. The van der Waals surface area contributed by atoms with Crippen molar-refractivity contribution in [3.63, 3.8) is 0 Å². The lowest BCUT2D eigenvalue weighted by Gasteiger charge is -2.40. The van der Waals surface area contributed by atoms with Crippen molar-refractivity contribution in [2.75, 3.05) is 32.8 Å². The molecule has 2 aromatic rings. The van der Waals surface area contributed by atoms with Crippen molar-refractivity contribution in [2.45, 2.75) is 38.3 Å². The zero-order chi connectivity index (χ0) is 22.9. The minimum Gasteiger partial charge on any atom is -0.448 e. The van der Waals surface area contributed by atoms with Gasteiger partial charge in [-0.15, -0.1) is 0 Å². The zero-order valence-corrected chi connectivity index (χ0v) is 18.8. The molecule has 32 heavy (non-hydrogen) atoms. The van der Waals surface area contributed by atoms with Gasteiger partial charge in [-0.05, 0) is 43.0 Å². The summed E-state index contributed by atoms with van der Waals surface area (Å²) in [5.41, 5.74) is 4.03. The van der Waals surface area contributed by atoms with Crippen molar-refractivity contribution in [1.29, 1.82) is 0 Å².